The third kappa shape index (κ3) is 2.80. The second-order valence-corrected chi connectivity index (χ2v) is 6.03. The third-order valence-corrected chi connectivity index (χ3v) is 4.35. The van der Waals surface area contributed by atoms with Crippen LogP contribution >= 0.6 is 15.9 Å². The summed E-state index contributed by atoms with van der Waals surface area (Å²) in [5, 5.41) is 10.1. The van der Waals surface area contributed by atoms with E-state index in [-0.39, 0.29) is 5.56 Å². The Morgan fingerprint density at radius 3 is 2.65 bits per heavy atom. The van der Waals surface area contributed by atoms with Crippen LogP contribution in [0.15, 0.2) is 46.9 Å². The summed E-state index contributed by atoms with van der Waals surface area (Å²) < 4.78 is 6.03. The number of nitrogens with zero attached hydrogens (tertiary/aromatic N) is 1. The van der Waals surface area contributed by atoms with Gasteiger partial charge in [-0.15, -0.1) is 0 Å². The maximum atomic E-state index is 11.6. The number of carboxylic acid groups (broad SMARTS) is 1. The van der Waals surface area contributed by atoms with Crippen molar-refractivity contribution in [2.45, 2.75) is 6.92 Å². The predicted molar refractivity (Wildman–Crippen MR) is 93.1 cm³/mol. The van der Waals surface area contributed by atoms with Gasteiger partial charge in [-0.05, 0) is 58.7 Å². The van der Waals surface area contributed by atoms with Gasteiger partial charge in [0, 0.05) is 15.4 Å². The van der Waals surface area contributed by atoms with Crippen LogP contribution in [-0.4, -0.2) is 23.2 Å². The molecule has 0 saturated heterocycles. The molecule has 0 aliphatic heterocycles. The average molecular weight is 372 g/mol. The second-order valence-electron chi connectivity index (χ2n) is 5.18. The van der Waals surface area contributed by atoms with Gasteiger partial charge in [-0.1, -0.05) is 12.1 Å². The molecule has 0 radical (unpaired) electrons. The molecule has 23 heavy (non-hydrogen) atoms. The molecule has 2 aromatic carbocycles. The lowest BCUT2D eigenvalue weighted by molar-refractivity contribution is 0.0699. The molecule has 1 aromatic heterocycles. The zero-order valence-corrected chi connectivity index (χ0v) is 14.2. The highest BCUT2D eigenvalue weighted by Crippen LogP contribution is 2.31. The van der Waals surface area contributed by atoms with E-state index in [2.05, 4.69) is 20.9 Å². The number of rotatable bonds is 3. The Bertz CT molecular complexity index is 922. The molecule has 3 rings (SSSR count). The van der Waals surface area contributed by atoms with E-state index in [9.17, 15) is 9.90 Å². The Morgan fingerprint density at radius 2 is 2.00 bits per heavy atom. The number of benzene rings is 2. The first-order valence-corrected chi connectivity index (χ1v) is 7.78. The summed E-state index contributed by atoms with van der Waals surface area (Å²) in [7, 11) is 1.62. The SMILES string of the molecule is COc1ccc(-c2cc(C(=O)O)c3cccc(Br)c3n2)cc1C. The first-order valence-electron chi connectivity index (χ1n) is 6.99. The van der Waals surface area contributed by atoms with Crippen LogP contribution in [0.25, 0.3) is 22.2 Å². The first kappa shape index (κ1) is 15.5. The molecular formula is C18H14BrNO3. The molecule has 0 saturated carbocycles. The van der Waals surface area contributed by atoms with Crippen LogP contribution in [0.2, 0.25) is 0 Å². The molecule has 0 aliphatic carbocycles. The zero-order valence-electron chi connectivity index (χ0n) is 12.6. The lowest BCUT2D eigenvalue weighted by atomic mass is 10.0. The van der Waals surface area contributed by atoms with Crippen molar-refractivity contribution in [1.29, 1.82) is 0 Å². The van der Waals surface area contributed by atoms with Crippen molar-refractivity contribution in [3.05, 3.63) is 58.1 Å². The first-order chi connectivity index (χ1) is 11.0. The Morgan fingerprint density at radius 1 is 1.22 bits per heavy atom. The minimum atomic E-state index is -0.970. The number of carbonyl (C=O) groups is 1. The summed E-state index contributed by atoms with van der Waals surface area (Å²) >= 11 is 3.45. The fraction of sp³-hybridized carbons (Fsp3) is 0.111. The lowest BCUT2D eigenvalue weighted by Gasteiger charge is -2.10. The smallest absolute Gasteiger partial charge is 0.336 e. The van der Waals surface area contributed by atoms with Crippen LogP contribution in [0.4, 0.5) is 0 Å². The number of aromatic nitrogens is 1. The number of fused-ring (bicyclic) bond motifs is 1. The maximum Gasteiger partial charge on any atom is 0.336 e. The highest BCUT2D eigenvalue weighted by atomic mass is 79.9. The average Bonchev–Trinajstić information content (AvgIpc) is 2.54. The van der Waals surface area contributed by atoms with E-state index in [1.54, 1.807) is 25.3 Å². The molecule has 0 spiro atoms. The fourth-order valence-corrected chi connectivity index (χ4v) is 3.03. The van der Waals surface area contributed by atoms with E-state index in [1.165, 1.54) is 0 Å². The van der Waals surface area contributed by atoms with Gasteiger partial charge in [-0.2, -0.15) is 0 Å². The van der Waals surface area contributed by atoms with Gasteiger partial charge in [0.25, 0.3) is 0 Å². The van der Waals surface area contributed by atoms with Crippen molar-refractivity contribution in [3.8, 4) is 17.0 Å². The molecule has 3 aromatic rings. The highest BCUT2D eigenvalue weighted by molar-refractivity contribution is 9.10. The maximum absolute atomic E-state index is 11.6. The van der Waals surface area contributed by atoms with Crippen LogP contribution in [0.3, 0.4) is 0 Å². The monoisotopic (exact) mass is 371 g/mol. The van der Waals surface area contributed by atoms with E-state index < -0.39 is 5.97 Å². The number of hydrogen-bond acceptors (Lipinski definition) is 3. The van der Waals surface area contributed by atoms with Gasteiger partial charge in [0.1, 0.15) is 5.75 Å². The molecule has 1 N–H and O–H groups in total. The van der Waals surface area contributed by atoms with Crippen LogP contribution in [-0.2, 0) is 0 Å². The molecule has 116 valence electrons. The summed E-state index contributed by atoms with van der Waals surface area (Å²) in [5.74, 6) is -0.184. The van der Waals surface area contributed by atoms with E-state index in [4.69, 9.17) is 4.74 Å². The van der Waals surface area contributed by atoms with Crippen LogP contribution < -0.4 is 4.74 Å². The Labute approximate surface area is 141 Å². The quantitative estimate of drug-likeness (QED) is 0.725. The number of halogens is 1. The van der Waals surface area contributed by atoms with Crippen molar-refractivity contribution in [1.82, 2.24) is 4.98 Å². The number of para-hydroxylation sites is 1. The number of methoxy groups -OCH3 is 1. The number of aromatic carboxylic acids is 1. The van der Waals surface area contributed by atoms with Crippen molar-refractivity contribution in [2.24, 2.45) is 0 Å². The lowest BCUT2D eigenvalue weighted by Crippen LogP contribution is -2.01. The van der Waals surface area contributed by atoms with Crippen molar-refractivity contribution in [3.63, 3.8) is 0 Å². The van der Waals surface area contributed by atoms with Crippen molar-refractivity contribution < 1.29 is 14.6 Å². The minimum absolute atomic E-state index is 0.236. The van der Waals surface area contributed by atoms with E-state index >= 15 is 0 Å². The summed E-state index contributed by atoms with van der Waals surface area (Å²) in [5.41, 5.74) is 3.31. The molecule has 0 amide bonds. The Hall–Kier alpha value is -2.40. The summed E-state index contributed by atoms with van der Waals surface area (Å²) in [6.45, 7) is 1.94. The molecule has 4 nitrogen and oxygen atoms in total. The molecular weight excluding hydrogens is 358 g/mol. The molecule has 0 fully saturated rings. The van der Waals surface area contributed by atoms with Crippen LogP contribution in [0, 0.1) is 6.92 Å². The van der Waals surface area contributed by atoms with Gasteiger partial charge in [0.15, 0.2) is 0 Å². The van der Waals surface area contributed by atoms with Gasteiger partial charge in [0.05, 0.1) is 23.9 Å². The summed E-state index contributed by atoms with van der Waals surface area (Å²) in [4.78, 5) is 16.2. The minimum Gasteiger partial charge on any atom is -0.496 e. The topological polar surface area (TPSA) is 59.4 Å². The van der Waals surface area contributed by atoms with Crippen molar-refractivity contribution >= 4 is 32.8 Å². The largest absolute Gasteiger partial charge is 0.496 e. The number of pyridine rings is 1. The number of hydrogen-bond donors (Lipinski definition) is 1. The predicted octanol–water partition coefficient (Wildman–Crippen LogP) is 4.68. The van der Waals surface area contributed by atoms with Crippen LogP contribution in [0.1, 0.15) is 15.9 Å². The van der Waals surface area contributed by atoms with Gasteiger partial charge in [-0.3, -0.25) is 0 Å². The van der Waals surface area contributed by atoms with E-state index in [0.717, 1.165) is 21.3 Å². The molecule has 0 atom stereocenters. The third-order valence-electron chi connectivity index (χ3n) is 3.71. The molecule has 0 bridgehead atoms. The summed E-state index contributed by atoms with van der Waals surface area (Å²) in [6, 6.07) is 12.7. The number of aryl methyl sites for hydroxylation is 1. The van der Waals surface area contributed by atoms with Gasteiger partial charge in [-0.25, -0.2) is 9.78 Å². The Kier molecular flexibility index (Phi) is 4.05. The van der Waals surface area contributed by atoms with Crippen molar-refractivity contribution in [2.75, 3.05) is 7.11 Å². The van der Waals surface area contributed by atoms with Gasteiger partial charge in [0.2, 0.25) is 0 Å². The molecule has 0 aliphatic rings. The van der Waals surface area contributed by atoms with Crippen LogP contribution in [0.5, 0.6) is 5.75 Å². The van der Waals surface area contributed by atoms with Gasteiger partial charge < -0.3 is 9.84 Å². The molecule has 1 heterocycles. The standard InChI is InChI=1S/C18H14BrNO3/c1-10-8-11(6-7-16(10)23-2)15-9-13(18(21)22)12-4-3-5-14(19)17(12)20-15/h3-9H,1-2H3,(H,21,22). The summed E-state index contributed by atoms with van der Waals surface area (Å²) in [6.07, 6.45) is 0. The normalized spacial score (nSPS) is 10.7. The fourth-order valence-electron chi connectivity index (χ4n) is 2.58. The van der Waals surface area contributed by atoms with Gasteiger partial charge >= 0.3 is 5.97 Å². The number of ether oxygens (including phenoxy) is 1. The van der Waals surface area contributed by atoms with E-state index in [1.807, 2.05) is 31.2 Å². The zero-order chi connectivity index (χ0) is 16.6. The Balaban J connectivity index is 2.28. The highest BCUT2D eigenvalue weighted by Gasteiger charge is 2.15. The molecule has 0 unspecified atom stereocenters. The van der Waals surface area contributed by atoms with E-state index in [0.29, 0.717) is 16.6 Å². The molecule has 5 heteroatoms. The second kappa shape index (κ2) is 6.01. The number of carboxylic acids is 1.